The van der Waals surface area contributed by atoms with Gasteiger partial charge in [-0.1, -0.05) is 37.1 Å². The van der Waals surface area contributed by atoms with Crippen LogP contribution >= 0.6 is 0 Å². The zero-order valence-electron chi connectivity index (χ0n) is 8.90. The summed E-state index contributed by atoms with van der Waals surface area (Å²) in [6.45, 7) is 4.81. The van der Waals surface area contributed by atoms with Crippen LogP contribution in [-0.4, -0.2) is 0 Å². The van der Waals surface area contributed by atoms with E-state index in [4.69, 9.17) is 0 Å². The summed E-state index contributed by atoms with van der Waals surface area (Å²) in [7, 11) is 0. The highest BCUT2D eigenvalue weighted by Crippen LogP contribution is 2.44. The fourth-order valence-corrected chi connectivity index (χ4v) is 2.68. The van der Waals surface area contributed by atoms with E-state index in [1.165, 1.54) is 38.5 Å². The second kappa shape index (κ2) is 3.32. The summed E-state index contributed by atoms with van der Waals surface area (Å²) in [5, 5.41) is 0. The van der Waals surface area contributed by atoms with Crippen LogP contribution in [-0.2, 0) is 0 Å². The van der Waals surface area contributed by atoms with E-state index in [-0.39, 0.29) is 0 Å². The minimum Gasteiger partial charge on any atom is -0.0845 e. The second-order valence-corrected chi connectivity index (χ2v) is 4.87. The fraction of sp³-hybridized carbons (Fsp3) is 0.692. The summed E-state index contributed by atoms with van der Waals surface area (Å²) in [6.07, 6.45) is 13.0. The molecule has 0 fully saturated rings. The first-order valence-electron chi connectivity index (χ1n) is 5.60. The first-order chi connectivity index (χ1) is 6.21. The Labute approximate surface area is 81.7 Å². The van der Waals surface area contributed by atoms with Crippen LogP contribution < -0.4 is 0 Å². The summed E-state index contributed by atoms with van der Waals surface area (Å²) < 4.78 is 0. The minimum absolute atomic E-state index is 0.382. The molecule has 0 saturated carbocycles. The molecule has 0 heterocycles. The van der Waals surface area contributed by atoms with E-state index in [0.29, 0.717) is 5.41 Å². The van der Waals surface area contributed by atoms with Gasteiger partial charge in [0.2, 0.25) is 0 Å². The van der Waals surface area contributed by atoms with Crippen molar-refractivity contribution in [1.29, 1.82) is 0 Å². The molecule has 0 nitrogen and oxygen atoms in total. The maximum Gasteiger partial charge on any atom is 0.00639 e. The van der Waals surface area contributed by atoms with Crippen LogP contribution in [0.2, 0.25) is 0 Å². The van der Waals surface area contributed by atoms with Crippen molar-refractivity contribution in [1.82, 2.24) is 0 Å². The molecule has 0 spiro atoms. The topological polar surface area (TPSA) is 0 Å². The Morgan fingerprint density at radius 2 is 1.38 bits per heavy atom. The monoisotopic (exact) mass is 176 g/mol. The van der Waals surface area contributed by atoms with Crippen molar-refractivity contribution in [2.24, 2.45) is 5.41 Å². The highest BCUT2D eigenvalue weighted by atomic mass is 14.3. The molecule has 0 aromatic carbocycles. The summed E-state index contributed by atoms with van der Waals surface area (Å²) in [5.74, 6) is 0. The summed E-state index contributed by atoms with van der Waals surface area (Å²) >= 11 is 0. The molecule has 2 aliphatic rings. The lowest BCUT2D eigenvalue weighted by molar-refractivity contribution is 0.508. The van der Waals surface area contributed by atoms with Crippen molar-refractivity contribution in [3.63, 3.8) is 0 Å². The van der Waals surface area contributed by atoms with E-state index >= 15 is 0 Å². The number of hydrogen-bond acceptors (Lipinski definition) is 0. The summed E-state index contributed by atoms with van der Waals surface area (Å²) in [4.78, 5) is 0. The molecule has 0 saturated heterocycles. The largest absolute Gasteiger partial charge is 0.0845 e. The van der Waals surface area contributed by atoms with Crippen molar-refractivity contribution in [3.8, 4) is 0 Å². The number of hydrogen-bond donors (Lipinski definition) is 0. The zero-order valence-corrected chi connectivity index (χ0v) is 8.90. The molecular formula is C13H20. The Hall–Kier alpha value is -0.520. The van der Waals surface area contributed by atoms with E-state index in [0.717, 1.165) is 0 Å². The first-order valence-corrected chi connectivity index (χ1v) is 5.60. The van der Waals surface area contributed by atoms with Crippen molar-refractivity contribution >= 4 is 0 Å². The quantitative estimate of drug-likeness (QED) is 0.552. The van der Waals surface area contributed by atoms with E-state index in [1.807, 2.05) is 0 Å². The Morgan fingerprint density at radius 1 is 0.923 bits per heavy atom. The summed E-state index contributed by atoms with van der Waals surface area (Å²) in [6, 6.07) is 0. The van der Waals surface area contributed by atoms with Gasteiger partial charge >= 0.3 is 0 Å². The van der Waals surface area contributed by atoms with Crippen LogP contribution in [0.5, 0.6) is 0 Å². The van der Waals surface area contributed by atoms with E-state index in [2.05, 4.69) is 26.0 Å². The molecule has 0 heteroatoms. The predicted octanol–water partition coefficient (Wildman–Crippen LogP) is 4.23. The molecule has 0 atom stereocenters. The Morgan fingerprint density at radius 3 is 1.69 bits per heavy atom. The van der Waals surface area contributed by atoms with Gasteiger partial charge in [-0.3, -0.25) is 0 Å². The SMILES string of the molecule is CC(C)(C1=CCCC1)C1=CCCC1. The average molecular weight is 176 g/mol. The molecule has 0 radical (unpaired) electrons. The van der Waals surface area contributed by atoms with Gasteiger partial charge in [-0.2, -0.15) is 0 Å². The molecule has 13 heavy (non-hydrogen) atoms. The number of allylic oxidation sites excluding steroid dienone is 4. The van der Waals surface area contributed by atoms with Gasteiger partial charge in [0.05, 0.1) is 0 Å². The van der Waals surface area contributed by atoms with Crippen LogP contribution in [0.1, 0.15) is 52.4 Å². The first kappa shape index (κ1) is 9.05. The lowest BCUT2D eigenvalue weighted by Gasteiger charge is -2.28. The zero-order chi connectivity index (χ0) is 9.31. The molecule has 0 bridgehead atoms. The van der Waals surface area contributed by atoms with E-state index < -0.39 is 0 Å². The van der Waals surface area contributed by atoms with E-state index in [1.54, 1.807) is 11.1 Å². The third-order valence-corrected chi connectivity index (χ3v) is 3.69. The van der Waals surface area contributed by atoms with Gasteiger partial charge in [0.1, 0.15) is 0 Å². The van der Waals surface area contributed by atoms with Gasteiger partial charge in [0, 0.05) is 5.41 Å². The molecule has 0 aromatic rings. The molecule has 0 unspecified atom stereocenters. The molecule has 0 amide bonds. The van der Waals surface area contributed by atoms with Crippen molar-refractivity contribution in [3.05, 3.63) is 23.3 Å². The van der Waals surface area contributed by atoms with Gasteiger partial charge in [0.25, 0.3) is 0 Å². The Balaban J connectivity index is 2.18. The molecule has 0 N–H and O–H groups in total. The highest BCUT2D eigenvalue weighted by molar-refractivity contribution is 5.30. The Kier molecular flexibility index (Phi) is 2.31. The molecule has 72 valence electrons. The van der Waals surface area contributed by atoms with Crippen molar-refractivity contribution in [2.45, 2.75) is 52.4 Å². The third kappa shape index (κ3) is 1.59. The molecule has 0 aromatic heterocycles. The van der Waals surface area contributed by atoms with Gasteiger partial charge < -0.3 is 0 Å². The predicted molar refractivity (Wildman–Crippen MR) is 57.6 cm³/mol. The molecular weight excluding hydrogens is 156 g/mol. The number of rotatable bonds is 2. The highest BCUT2D eigenvalue weighted by Gasteiger charge is 2.29. The molecule has 2 aliphatic carbocycles. The maximum absolute atomic E-state index is 2.47. The second-order valence-electron chi connectivity index (χ2n) is 4.87. The normalized spacial score (nSPS) is 23.2. The standard InChI is InChI=1S/C13H20/c1-13(2,11-7-3-4-8-11)12-9-5-6-10-12/h7,9H,3-6,8,10H2,1-2H3. The van der Waals surface area contributed by atoms with Crippen molar-refractivity contribution in [2.75, 3.05) is 0 Å². The summed E-state index contributed by atoms with van der Waals surface area (Å²) in [5.41, 5.74) is 3.77. The van der Waals surface area contributed by atoms with Gasteiger partial charge in [-0.15, -0.1) is 0 Å². The van der Waals surface area contributed by atoms with Crippen LogP contribution in [0.3, 0.4) is 0 Å². The van der Waals surface area contributed by atoms with Crippen LogP contribution in [0.4, 0.5) is 0 Å². The lowest BCUT2D eigenvalue weighted by Crippen LogP contribution is -2.15. The van der Waals surface area contributed by atoms with Crippen molar-refractivity contribution < 1.29 is 0 Å². The third-order valence-electron chi connectivity index (χ3n) is 3.69. The van der Waals surface area contributed by atoms with E-state index in [9.17, 15) is 0 Å². The average Bonchev–Trinajstić information content (AvgIpc) is 2.78. The van der Waals surface area contributed by atoms with Gasteiger partial charge in [-0.05, 0) is 38.5 Å². The minimum atomic E-state index is 0.382. The molecule has 2 rings (SSSR count). The smallest absolute Gasteiger partial charge is 0.00639 e. The lowest BCUT2D eigenvalue weighted by atomic mass is 9.76. The van der Waals surface area contributed by atoms with Crippen LogP contribution in [0, 0.1) is 5.41 Å². The van der Waals surface area contributed by atoms with Gasteiger partial charge in [-0.25, -0.2) is 0 Å². The fourth-order valence-electron chi connectivity index (χ4n) is 2.68. The molecule has 0 aliphatic heterocycles. The van der Waals surface area contributed by atoms with Crippen LogP contribution in [0.25, 0.3) is 0 Å². The maximum atomic E-state index is 2.47. The van der Waals surface area contributed by atoms with Crippen LogP contribution in [0.15, 0.2) is 23.3 Å². The van der Waals surface area contributed by atoms with Gasteiger partial charge in [0.15, 0.2) is 0 Å². The Bertz CT molecular complexity index is 227.